The zero-order valence-corrected chi connectivity index (χ0v) is 12.7. The quantitative estimate of drug-likeness (QED) is 0.862. The molecule has 4 aliphatic rings. The normalized spacial score (nSPS) is 40.9. The molecule has 116 valence electrons. The second-order valence-electron chi connectivity index (χ2n) is 7.29. The topological polar surface area (TPSA) is 55.8 Å². The Labute approximate surface area is 129 Å². The van der Waals surface area contributed by atoms with Gasteiger partial charge in [0.1, 0.15) is 0 Å². The van der Waals surface area contributed by atoms with E-state index in [1.807, 2.05) is 6.07 Å². The van der Waals surface area contributed by atoms with Crippen LogP contribution in [0.15, 0.2) is 12.1 Å². The summed E-state index contributed by atoms with van der Waals surface area (Å²) in [5.41, 5.74) is 2.15. The number of aliphatic hydroxyl groups is 1. The standard InChI is InChI=1S/C18H20O4/c1-21-13-5-4-10-7-9-3-2-6-18-14(9)11(19)8-12(20)17(18)22-16(13)15(10)18/h4-5,9,11,14,17,19H,2-3,6-8H2,1H3/t9-,11-,14?,17+,18+/m1/s1. The van der Waals surface area contributed by atoms with Crippen molar-refractivity contribution < 1.29 is 19.4 Å². The maximum Gasteiger partial charge on any atom is 0.176 e. The van der Waals surface area contributed by atoms with Crippen molar-refractivity contribution in [1.29, 1.82) is 0 Å². The Hall–Kier alpha value is -1.55. The number of benzene rings is 1. The van der Waals surface area contributed by atoms with E-state index in [-0.39, 0.29) is 23.5 Å². The number of Topliss-reactive ketones (excluding diaryl/α,β-unsaturated/α-hetero) is 1. The molecule has 0 radical (unpaired) electrons. The van der Waals surface area contributed by atoms with Crippen molar-refractivity contribution in [3.05, 3.63) is 23.3 Å². The molecule has 1 aromatic rings. The maximum atomic E-state index is 12.6. The minimum atomic E-state index is -0.525. The molecule has 1 spiro atoms. The predicted octanol–water partition coefficient (Wildman–Crippen LogP) is 2.00. The number of ketones is 1. The zero-order chi connectivity index (χ0) is 15.1. The minimum absolute atomic E-state index is 0.0514. The van der Waals surface area contributed by atoms with Crippen LogP contribution < -0.4 is 9.47 Å². The molecular formula is C18H20O4. The number of carbonyl (C=O) groups is 1. The van der Waals surface area contributed by atoms with Crippen LogP contribution in [0.2, 0.25) is 0 Å². The first kappa shape index (κ1) is 12.9. The van der Waals surface area contributed by atoms with Gasteiger partial charge in [-0.2, -0.15) is 0 Å². The van der Waals surface area contributed by atoms with Crippen molar-refractivity contribution in [1.82, 2.24) is 0 Å². The second kappa shape index (κ2) is 4.05. The summed E-state index contributed by atoms with van der Waals surface area (Å²) in [7, 11) is 1.64. The third-order valence-electron chi connectivity index (χ3n) is 6.46. The molecule has 0 amide bonds. The molecule has 0 saturated heterocycles. The highest BCUT2D eigenvalue weighted by Crippen LogP contribution is 2.65. The summed E-state index contributed by atoms with van der Waals surface area (Å²) >= 11 is 0. The highest BCUT2D eigenvalue weighted by Gasteiger charge is 2.66. The van der Waals surface area contributed by atoms with E-state index in [9.17, 15) is 9.90 Å². The molecule has 1 heterocycles. The van der Waals surface area contributed by atoms with Crippen molar-refractivity contribution in [2.45, 2.75) is 49.7 Å². The van der Waals surface area contributed by atoms with Crippen LogP contribution in [0.4, 0.5) is 0 Å². The lowest BCUT2D eigenvalue weighted by atomic mass is 9.47. The molecule has 2 saturated carbocycles. The summed E-state index contributed by atoms with van der Waals surface area (Å²) < 4.78 is 11.7. The molecule has 2 bridgehead atoms. The van der Waals surface area contributed by atoms with E-state index in [0.717, 1.165) is 31.4 Å². The van der Waals surface area contributed by atoms with Crippen LogP contribution >= 0.6 is 0 Å². The lowest BCUT2D eigenvalue weighted by Crippen LogP contribution is -2.63. The number of ether oxygens (including phenoxy) is 2. The molecule has 0 aromatic heterocycles. The molecule has 22 heavy (non-hydrogen) atoms. The van der Waals surface area contributed by atoms with Gasteiger partial charge < -0.3 is 14.6 Å². The number of aliphatic hydroxyl groups excluding tert-OH is 1. The third-order valence-corrected chi connectivity index (χ3v) is 6.46. The van der Waals surface area contributed by atoms with Gasteiger partial charge in [0.05, 0.1) is 13.2 Å². The van der Waals surface area contributed by atoms with E-state index in [4.69, 9.17) is 9.47 Å². The summed E-state index contributed by atoms with van der Waals surface area (Å²) in [4.78, 5) is 12.6. The maximum absolute atomic E-state index is 12.6. The monoisotopic (exact) mass is 300 g/mol. The average Bonchev–Trinajstić information content (AvgIpc) is 2.83. The Morgan fingerprint density at radius 1 is 1.36 bits per heavy atom. The fourth-order valence-corrected chi connectivity index (χ4v) is 5.90. The van der Waals surface area contributed by atoms with Gasteiger partial charge in [-0.05, 0) is 36.8 Å². The summed E-state index contributed by atoms with van der Waals surface area (Å²) in [6.07, 6.45) is 3.47. The minimum Gasteiger partial charge on any atom is -0.493 e. The summed E-state index contributed by atoms with van der Waals surface area (Å²) in [5.74, 6) is 2.15. The van der Waals surface area contributed by atoms with Crippen LogP contribution in [0.25, 0.3) is 0 Å². The van der Waals surface area contributed by atoms with Gasteiger partial charge in [-0.3, -0.25) is 4.79 Å². The first-order valence-electron chi connectivity index (χ1n) is 8.24. The number of methoxy groups -OCH3 is 1. The van der Waals surface area contributed by atoms with Crippen molar-refractivity contribution in [3.8, 4) is 11.5 Å². The first-order valence-corrected chi connectivity index (χ1v) is 8.24. The molecule has 2 fully saturated rings. The van der Waals surface area contributed by atoms with Gasteiger partial charge in [0.2, 0.25) is 0 Å². The van der Waals surface area contributed by atoms with Crippen molar-refractivity contribution in [2.24, 2.45) is 11.8 Å². The van der Waals surface area contributed by atoms with Gasteiger partial charge in [0.25, 0.3) is 0 Å². The van der Waals surface area contributed by atoms with Gasteiger partial charge in [0, 0.05) is 23.3 Å². The molecule has 4 nitrogen and oxygen atoms in total. The van der Waals surface area contributed by atoms with E-state index < -0.39 is 12.2 Å². The third kappa shape index (κ3) is 1.27. The molecule has 1 unspecified atom stereocenters. The van der Waals surface area contributed by atoms with Gasteiger partial charge >= 0.3 is 0 Å². The van der Waals surface area contributed by atoms with Crippen molar-refractivity contribution >= 4 is 5.78 Å². The van der Waals surface area contributed by atoms with Crippen LogP contribution in [0.3, 0.4) is 0 Å². The van der Waals surface area contributed by atoms with Gasteiger partial charge in [0.15, 0.2) is 23.4 Å². The Kier molecular flexibility index (Phi) is 2.38. The molecule has 5 atom stereocenters. The Bertz CT molecular complexity index is 682. The van der Waals surface area contributed by atoms with Crippen LogP contribution in [-0.4, -0.2) is 30.2 Å². The molecule has 3 aliphatic carbocycles. The molecular weight excluding hydrogens is 280 g/mol. The highest BCUT2D eigenvalue weighted by atomic mass is 16.5. The van der Waals surface area contributed by atoms with E-state index >= 15 is 0 Å². The largest absolute Gasteiger partial charge is 0.493 e. The summed E-state index contributed by atoms with van der Waals surface area (Å²) in [6, 6.07) is 4.09. The molecule has 1 aromatic carbocycles. The van der Waals surface area contributed by atoms with Gasteiger partial charge in [-0.1, -0.05) is 12.5 Å². The Balaban J connectivity index is 1.83. The molecule has 5 rings (SSSR count). The predicted molar refractivity (Wildman–Crippen MR) is 79.3 cm³/mol. The van der Waals surface area contributed by atoms with E-state index in [1.165, 1.54) is 11.1 Å². The SMILES string of the molecule is COc1ccc2c3c1O[C@H]1C(=O)C[C@@H](O)C4[C@H](CCC[C@@]341)C2. The lowest BCUT2D eigenvalue weighted by molar-refractivity contribution is -0.147. The molecule has 1 N–H and O–H groups in total. The van der Waals surface area contributed by atoms with Gasteiger partial charge in [-0.25, -0.2) is 0 Å². The van der Waals surface area contributed by atoms with Crippen LogP contribution in [0.1, 0.15) is 36.8 Å². The van der Waals surface area contributed by atoms with Gasteiger partial charge in [-0.15, -0.1) is 0 Å². The number of carbonyl (C=O) groups excluding carboxylic acids is 1. The second-order valence-corrected chi connectivity index (χ2v) is 7.29. The van der Waals surface area contributed by atoms with E-state index in [2.05, 4.69) is 6.07 Å². The van der Waals surface area contributed by atoms with E-state index in [1.54, 1.807) is 7.11 Å². The highest BCUT2D eigenvalue weighted by molar-refractivity contribution is 5.89. The molecule has 1 aliphatic heterocycles. The zero-order valence-electron chi connectivity index (χ0n) is 12.7. The average molecular weight is 300 g/mol. The first-order chi connectivity index (χ1) is 10.7. The smallest absolute Gasteiger partial charge is 0.176 e. The summed E-state index contributed by atoms with van der Waals surface area (Å²) in [5, 5.41) is 10.7. The fourth-order valence-electron chi connectivity index (χ4n) is 5.90. The Morgan fingerprint density at radius 3 is 3.05 bits per heavy atom. The van der Waals surface area contributed by atoms with Crippen molar-refractivity contribution in [2.75, 3.05) is 7.11 Å². The van der Waals surface area contributed by atoms with Crippen LogP contribution in [0.5, 0.6) is 11.5 Å². The summed E-state index contributed by atoms with van der Waals surface area (Å²) in [6.45, 7) is 0. The molecule has 4 heteroatoms. The lowest BCUT2D eigenvalue weighted by Gasteiger charge is -2.55. The number of rotatable bonds is 1. The number of hydrogen-bond donors (Lipinski definition) is 1. The van der Waals surface area contributed by atoms with E-state index in [0.29, 0.717) is 11.7 Å². The van der Waals surface area contributed by atoms with Crippen molar-refractivity contribution in [3.63, 3.8) is 0 Å². The van der Waals surface area contributed by atoms with Crippen LogP contribution in [-0.2, 0) is 16.6 Å². The fraction of sp³-hybridized carbons (Fsp3) is 0.611. The number of hydrogen-bond acceptors (Lipinski definition) is 4. The Morgan fingerprint density at radius 2 is 2.23 bits per heavy atom. The van der Waals surface area contributed by atoms with Crippen LogP contribution in [0, 0.1) is 11.8 Å².